The standard InChI is InChI=1S/C8H11N5O4/c1-3(4(2)14)10-6-5(13(16)17)7(15)12-8(9)11-6/h3H,1-2H3,(H4,9,10,11,12,15). The first kappa shape index (κ1) is 12.6. The summed E-state index contributed by atoms with van der Waals surface area (Å²) in [5.41, 5.74) is 3.52. The van der Waals surface area contributed by atoms with E-state index < -0.39 is 22.2 Å². The molecule has 0 aliphatic carbocycles. The van der Waals surface area contributed by atoms with Crippen molar-refractivity contribution in [2.45, 2.75) is 19.9 Å². The number of nitrogens with one attached hydrogen (secondary N) is 2. The van der Waals surface area contributed by atoms with Gasteiger partial charge in [0.2, 0.25) is 11.8 Å². The Hall–Kier alpha value is -2.45. The number of anilines is 2. The molecular weight excluding hydrogens is 230 g/mol. The number of nitrogen functional groups attached to an aromatic ring is 1. The Morgan fingerprint density at radius 1 is 1.65 bits per heavy atom. The Labute approximate surface area is 95.2 Å². The van der Waals surface area contributed by atoms with E-state index in [2.05, 4.69) is 10.3 Å². The zero-order chi connectivity index (χ0) is 13.2. The third-order valence-electron chi connectivity index (χ3n) is 2.06. The van der Waals surface area contributed by atoms with Crippen molar-refractivity contribution in [3.8, 4) is 0 Å². The molecule has 1 heterocycles. The van der Waals surface area contributed by atoms with Crippen LogP contribution >= 0.6 is 0 Å². The van der Waals surface area contributed by atoms with Crippen LogP contribution in [-0.4, -0.2) is 26.7 Å². The topological polar surface area (TPSA) is 144 Å². The number of ketones is 1. The Morgan fingerprint density at radius 2 is 2.24 bits per heavy atom. The molecule has 0 aliphatic heterocycles. The molecular formula is C8H11N5O4. The molecule has 92 valence electrons. The van der Waals surface area contributed by atoms with Gasteiger partial charge in [-0.15, -0.1) is 0 Å². The number of carbonyl (C=O) groups is 1. The lowest BCUT2D eigenvalue weighted by atomic mass is 10.2. The summed E-state index contributed by atoms with van der Waals surface area (Å²) in [6.45, 7) is 2.80. The summed E-state index contributed by atoms with van der Waals surface area (Å²) in [4.78, 5) is 37.7. The molecule has 9 heteroatoms. The second-order valence-corrected chi connectivity index (χ2v) is 3.38. The number of H-pyrrole nitrogens is 1. The van der Waals surface area contributed by atoms with E-state index in [9.17, 15) is 19.7 Å². The molecule has 0 radical (unpaired) electrons. The van der Waals surface area contributed by atoms with Crippen LogP contribution in [-0.2, 0) is 4.79 Å². The molecule has 1 atom stereocenters. The van der Waals surface area contributed by atoms with Crippen molar-refractivity contribution in [2.75, 3.05) is 11.1 Å². The molecule has 0 spiro atoms. The number of aromatic nitrogens is 2. The monoisotopic (exact) mass is 241 g/mol. The van der Waals surface area contributed by atoms with Crippen LogP contribution in [0.25, 0.3) is 0 Å². The number of hydrogen-bond acceptors (Lipinski definition) is 7. The maximum Gasteiger partial charge on any atom is 0.375 e. The van der Waals surface area contributed by atoms with Crippen molar-refractivity contribution in [1.29, 1.82) is 0 Å². The lowest BCUT2D eigenvalue weighted by molar-refractivity contribution is -0.385. The maximum absolute atomic E-state index is 11.3. The quantitative estimate of drug-likeness (QED) is 0.482. The number of Topliss-reactive ketones (excluding diaryl/α,β-unsaturated/α-hetero) is 1. The summed E-state index contributed by atoms with van der Waals surface area (Å²) in [6.07, 6.45) is 0. The molecule has 1 rings (SSSR count). The van der Waals surface area contributed by atoms with Gasteiger partial charge in [0.15, 0.2) is 5.78 Å². The van der Waals surface area contributed by atoms with Gasteiger partial charge in [-0.05, 0) is 13.8 Å². The van der Waals surface area contributed by atoms with Crippen molar-refractivity contribution in [3.05, 3.63) is 20.5 Å². The first-order valence-corrected chi connectivity index (χ1v) is 4.64. The van der Waals surface area contributed by atoms with Gasteiger partial charge in [0.05, 0.1) is 11.0 Å². The number of carbonyl (C=O) groups excluding carboxylic acids is 1. The number of nitro groups is 1. The maximum atomic E-state index is 11.3. The van der Waals surface area contributed by atoms with Crippen molar-refractivity contribution < 1.29 is 9.72 Å². The van der Waals surface area contributed by atoms with E-state index in [1.807, 2.05) is 4.98 Å². The van der Waals surface area contributed by atoms with Crippen molar-refractivity contribution in [2.24, 2.45) is 0 Å². The number of rotatable bonds is 4. The van der Waals surface area contributed by atoms with E-state index >= 15 is 0 Å². The van der Waals surface area contributed by atoms with Gasteiger partial charge < -0.3 is 11.1 Å². The first-order valence-electron chi connectivity index (χ1n) is 4.64. The van der Waals surface area contributed by atoms with Crippen LogP contribution in [0.4, 0.5) is 17.5 Å². The number of nitrogens with zero attached hydrogens (tertiary/aromatic N) is 2. The van der Waals surface area contributed by atoms with E-state index in [1.165, 1.54) is 13.8 Å². The third kappa shape index (κ3) is 2.77. The summed E-state index contributed by atoms with van der Waals surface area (Å²) in [5, 5.41) is 13.2. The molecule has 17 heavy (non-hydrogen) atoms. The first-order chi connectivity index (χ1) is 7.82. The van der Waals surface area contributed by atoms with Gasteiger partial charge in [0.25, 0.3) is 0 Å². The number of hydrogen-bond donors (Lipinski definition) is 3. The van der Waals surface area contributed by atoms with E-state index in [-0.39, 0.29) is 17.5 Å². The van der Waals surface area contributed by atoms with Gasteiger partial charge in [0.1, 0.15) is 0 Å². The van der Waals surface area contributed by atoms with Gasteiger partial charge in [-0.25, -0.2) is 0 Å². The fourth-order valence-electron chi connectivity index (χ4n) is 1.06. The van der Waals surface area contributed by atoms with Crippen LogP contribution in [0.3, 0.4) is 0 Å². The second kappa shape index (κ2) is 4.60. The fraction of sp³-hybridized carbons (Fsp3) is 0.375. The Kier molecular flexibility index (Phi) is 3.41. The molecule has 0 fully saturated rings. The zero-order valence-electron chi connectivity index (χ0n) is 9.18. The molecule has 0 aromatic carbocycles. The molecule has 1 unspecified atom stereocenters. The lowest BCUT2D eigenvalue weighted by Gasteiger charge is -2.10. The summed E-state index contributed by atoms with van der Waals surface area (Å²) in [5.74, 6) is -0.835. The molecule has 0 amide bonds. The minimum atomic E-state index is -0.972. The largest absolute Gasteiger partial charge is 0.375 e. The minimum absolute atomic E-state index is 0.250. The number of nitrogens with two attached hydrogens (primary N) is 1. The van der Waals surface area contributed by atoms with Crippen LogP contribution in [0.15, 0.2) is 4.79 Å². The third-order valence-corrected chi connectivity index (χ3v) is 2.06. The normalized spacial score (nSPS) is 11.9. The Morgan fingerprint density at radius 3 is 2.71 bits per heavy atom. The van der Waals surface area contributed by atoms with Gasteiger partial charge in [-0.1, -0.05) is 0 Å². The molecule has 1 aromatic rings. The Bertz CT molecular complexity index is 523. The lowest BCUT2D eigenvalue weighted by Crippen LogP contribution is -2.27. The van der Waals surface area contributed by atoms with Gasteiger partial charge in [0, 0.05) is 0 Å². The van der Waals surface area contributed by atoms with Crippen LogP contribution in [0, 0.1) is 10.1 Å². The predicted octanol–water partition coefficient (Wildman–Crippen LogP) is -0.350. The summed E-state index contributed by atoms with van der Waals surface area (Å²) >= 11 is 0. The highest BCUT2D eigenvalue weighted by Crippen LogP contribution is 2.17. The average Bonchev–Trinajstić information content (AvgIpc) is 2.14. The minimum Gasteiger partial charge on any atom is -0.369 e. The van der Waals surface area contributed by atoms with E-state index in [4.69, 9.17) is 5.73 Å². The fourth-order valence-corrected chi connectivity index (χ4v) is 1.06. The van der Waals surface area contributed by atoms with Crippen LogP contribution in [0.2, 0.25) is 0 Å². The summed E-state index contributed by atoms with van der Waals surface area (Å²) in [6, 6.07) is -0.706. The van der Waals surface area contributed by atoms with Crippen LogP contribution in [0.1, 0.15) is 13.8 Å². The molecule has 1 aromatic heterocycles. The highest BCUT2D eigenvalue weighted by molar-refractivity contribution is 5.84. The summed E-state index contributed by atoms with van der Waals surface area (Å²) < 4.78 is 0. The second-order valence-electron chi connectivity index (χ2n) is 3.38. The van der Waals surface area contributed by atoms with Crippen molar-refractivity contribution in [3.63, 3.8) is 0 Å². The molecule has 0 saturated carbocycles. The van der Waals surface area contributed by atoms with Crippen LogP contribution < -0.4 is 16.6 Å². The van der Waals surface area contributed by atoms with E-state index in [1.54, 1.807) is 0 Å². The highest BCUT2D eigenvalue weighted by Gasteiger charge is 2.23. The van der Waals surface area contributed by atoms with Gasteiger partial charge >= 0.3 is 11.2 Å². The average molecular weight is 241 g/mol. The Balaban J connectivity index is 3.26. The molecule has 9 nitrogen and oxygen atoms in total. The van der Waals surface area contributed by atoms with Gasteiger partial charge in [-0.2, -0.15) is 4.98 Å². The van der Waals surface area contributed by atoms with E-state index in [0.717, 1.165) is 0 Å². The zero-order valence-corrected chi connectivity index (χ0v) is 9.18. The van der Waals surface area contributed by atoms with E-state index in [0.29, 0.717) is 0 Å². The van der Waals surface area contributed by atoms with Crippen LogP contribution in [0.5, 0.6) is 0 Å². The SMILES string of the molecule is CC(=O)C(C)Nc1nc(N)[nH]c(=O)c1[N+](=O)[O-]. The highest BCUT2D eigenvalue weighted by atomic mass is 16.6. The molecule has 4 N–H and O–H groups in total. The summed E-state index contributed by atoms with van der Waals surface area (Å²) in [7, 11) is 0. The smallest absolute Gasteiger partial charge is 0.369 e. The predicted molar refractivity (Wildman–Crippen MR) is 59.7 cm³/mol. The van der Waals surface area contributed by atoms with Crippen molar-refractivity contribution >= 4 is 23.2 Å². The van der Waals surface area contributed by atoms with Crippen molar-refractivity contribution in [1.82, 2.24) is 9.97 Å². The molecule has 0 bridgehead atoms. The molecule has 0 aliphatic rings. The van der Waals surface area contributed by atoms with Gasteiger partial charge in [-0.3, -0.25) is 24.7 Å². The molecule has 0 saturated heterocycles. The number of aromatic amines is 1.